The minimum absolute atomic E-state index is 0.0126. The number of anilines is 2. The lowest BCUT2D eigenvalue weighted by atomic mass is 9.89. The quantitative estimate of drug-likeness (QED) is 0.423. The molecule has 2 atom stereocenters. The fraction of sp³-hybridized carbons (Fsp3) is 0.448. The molecule has 2 amide bonds. The Labute approximate surface area is 224 Å². The number of aryl methyl sites for hydroxylation is 1. The highest BCUT2D eigenvalue weighted by molar-refractivity contribution is 5.94. The van der Waals surface area contributed by atoms with Crippen LogP contribution in [0.5, 0.6) is 0 Å². The van der Waals surface area contributed by atoms with E-state index in [1.807, 2.05) is 63.1 Å². The number of carbonyl (C=O) groups excluding carboxylic acids is 1. The fourth-order valence-electron chi connectivity index (χ4n) is 5.13. The van der Waals surface area contributed by atoms with Gasteiger partial charge in [0, 0.05) is 49.7 Å². The third-order valence-electron chi connectivity index (χ3n) is 6.76. The van der Waals surface area contributed by atoms with Crippen molar-refractivity contribution in [2.75, 3.05) is 23.3 Å². The van der Waals surface area contributed by atoms with E-state index in [0.717, 1.165) is 40.2 Å². The van der Waals surface area contributed by atoms with Crippen molar-refractivity contribution in [3.8, 4) is 11.1 Å². The van der Waals surface area contributed by atoms with E-state index in [1.165, 1.54) is 4.90 Å². The van der Waals surface area contributed by atoms with Crippen LogP contribution in [0.15, 0.2) is 48.9 Å². The predicted molar refractivity (Wildman–Crippen MR) is 149 cm³/mol. The van der Waals surface area contributed by atoms with E-state index < -0.39 is 6.09 Å². The summed E-state index contributed by atoms with van der Waals surface area (Å²) in [6, 6.07) is 10.2. The van der Waals surface area contributed by atoms with E-state index in [9.17, 15) is 14.7 Å². The van der Waals surface area contributed by atoms with Crippen molar-refractivity contribution >= 4 is 23.5 Å². The van der Waals surface area contributed by atoms with Crippen LogP contribution in [-0.2, 0) is 11.3 Å². The van der Waals surface area contributed by atoms with E-state index in [-0.39, 0.29) is 23.4 Å². The normalized spacial score (nSPS) is 17.2. The molecule has 3 heterocycles. The number of nitrogens with zero attached hydrogens (tertiary/aromatic N) is 5. The van der Waals surface area contributed by atoms with Crippen molar-refractivity contribution in [1.82, 2.24) is 19.7 Å². The zero-order valence-corrected chi connectivity index (χ0v) is 23.1. The molecule has 38 heavy (non-hydrogen) atoms. The summed E-state index contributed by atoms with van der Waals surface area (Å²) in [7, 11) is 0. The number of aromatic nitrogens is 3. The van der Waals surface area contributed by atoms with E-state index in [1.54, 1.807) is 24.0 Å². The van der Waals surface area contributed by atoms with Crippen molar-refractivity contribution in [3.63, 3.8) is 0 Å². The second-order valence-electron chi connectivity index (χ2n) is 11.4. The first-order valence-electron chi connectivity index (χ1n) is 13.0. The van der Waals surface area contributed by atoms with Crippen molar-refractivity contribution in [2.45, 2.75) is 66.6 Å². The summed E-state index contributed by atoms with van der Waals surface area (Å²) in [4.78, 5) is 32.0. The van der Waals surface area contributed by atoms with Crippen LogP contribution in [0, 0.1) is 12.3 Å². The minimum Gasteiger partial charge on any atom is -0.465 e. The van der Waals surface area contributed by atoms with Gasteiger partial charge in [0.25, 0.3) is 0 Å². The number of pyridine rings is 1. The van der Waals surface area contributed by atoms with E-state index in [0.29, 0.717) is 19.6 Å². The number of hydrogen-bond acceptors (Lipinski definition) is 5. The van der Waals surface area contributed by atoms with Gasteiger partial charge in [-0.15, -0.1) is 0 Å². The van der Waals surface area contributed by atoms with Gasteiger partial charge in [-0.25, -0.2) is 9.78 Å². The van der Waals surface area contributed by atoms with Crippen molar-refractivity contribution in [2.24, 2.45) is 5.41 Å². The first-order chi connectivity index (χ1) is 17.9. The molecule has 9 heteroatoms. The molecule has 0 aliphatic carbocycles. The maximum atomic E-state index is 12.5. The first kappa shape index (κ1) is 27.2. The van der Waals surface area contributed by atoms with E-state index in [4.69, 9.17) is 0 Å². The molecule has 0 saturated heterocycles. The molecule has 9 nitrogen and oxygen atoms in total. The number of rotatable bonds is 7. The van der Waals surface area contributed by atoms with Gasteiger partial charge in [-0.05, 0) is 66.6 Å². The molecule has 1 aliphatic rings. The van der Waals surface area contributed by atoms with Gasteiger partial charge in [-0.3, -0.25) is 9.48 Å². The molecule has 0 fully saturated rings. The maximum Gasteiger partial charge on any atom is 0.407 e. The van der Waals surface area contributed by atoms with Crippen LogP contribution in [0.1, 0.15) is 58.2 Å². The highest BCUT2D eigenvalue weighted by atomic mass is 16.4. The topological polar surface area (TPSA) is 104 Å². The van der Waals surface area contributed by atoms with Gasteiger partial charge in [0.1, 0.15) is 5.82 Å². The van der Waals surface area contributed by atoms with Crippen LogP contribution in [0.2, 0.25) is 0 Å². The standard InChI is InChI=1S/C29H38N6O3/c1-19-9-10-30-27(13-19)32-25-14-20(2)35(21(3)36)26-8-7-22(15-24(25)26)23-16-31-34(17-23)12-11-33(28(37)38)18-29(4,5)6/h7-10,13,15-17,20,25H,11-12,14,18H2,1-6H3,(H,30,32)(H,37,38)/t20-,25+/m0/s1. The lowest BCUT2D eigenvalue weighted by Crippen LogP contribution is -2.43. The van der Waals surface area contributed by atoms with Crippen LogP contribution in [-0.4, -0.2) is 55.9 Å². The summed E-state index contributed by atoms with van der Waals surface area (Å²) in [5.74, 6) is 0.825. The number of amides is 2. The molecule has 202 valence electrons. The monoisotopic (exact) mass is 518 g/mol. The number of hydrogen-bond donors (Lipinski definition) is 2. The van der Waals surface area contributed by atoms with Gasteiger partial charge in [-0.1, -0.05) is 26.8 Å². The first-order valence-corrected chi connectivity index (χ1v) is 13.0. The summed E-state index contributed by atoms with van der Waals surface area (Å²) in [6.45, 7) is 13.1. The molecule has 4 rings (SSSR count). The highest BCUT2D eigenvalue weighted by Crippen LogP contribution is 2.41. The zero-order valence-electron chi connectivity index (χ0n) is 23.1. The van der Waals surface area contributed by atoms with Crippen molar-refractivity contribution in [1.29, 1.82) is 0 Å². The molecular weight excluding hydrogens is 480 g/mol. The third-order valence-corrected chi connectivity index (χ3v) is 6.76. The SMILES string of the molecule is CC(=O)N1c2ccc(-c3cnn(CCN(CC(C)(C)C)C(=O)O)c3)cc2[C@H](Nc2cc(C)ccn2)C[C@@H]1C. The van der Waals surface area contributed by atoms with Gasteiger partial charge in [0.15, 0.2) is 0 Å². The molecule has 2 aromatic heterocycles. The van der Waals surface area contributed by atoms with Crippen LogP contribution in [0.25, 0.3) is 11.1 Å². The predicted octanol–water partition coefficient (Wildman–Crippen LogP) is 5.58. The second kappa shape index (κ2) is 10.8. The maximum absolute atomic E-state index is 12.5. The molecular formula is C29H38N6O3. The molecule has 2 N–H and O–H groups in total. The summed E-state index contributed by atoms with van der Waals surface area (Å²) in [6.07, 6.45) is 5.37. The molecule has 0 saturated carbocycles. The van der Waals surface area contributed by atoms with Crippen LogP contribution >= 0.6 is 0 Å². The van der Waals surface area contributed by atoms with Gasteiger partial charge in [0.2, 0.25) is 5.91 Å². The summed E-state index contributed by atoms with van der Waals surface area (Å²) in [5.41, 5.74) is 4.86. The lowest BCUT2D eigenvalue weighted by molar-refractivity contribution is -0.117. The fourth-order valence-corrected chi connectivity index (χ4v) is 5.13. The van der Waals surface area contributed by atoms with Crippen molar-refractivity contribution in [3.05, 3.63) is 60.0 Å². The number of carbonyl (C=O) groups is 2. The Morgan fingerprint density at radius 2 is 1.95 bits per heavy atom. The highest BCUT2D eigenvalue weighted by Gasteiger charge is 2.33. The summed E-state index contributed by atoms with van der Waals surface area (Å²) in [5, 5.41) is 17.7. The Bertz CT molecular complexity index is 1310. The number of benzene rings is 1. The smallest absolute Gasteiger partial charge is 0.407 e. The third kappa shape index (κ3) is 6.33. The zero-order chi connectivity index (χ0) is 27.6. The molecule has 0 bridgehead atoms. The van der Waals surface area contributed by atoms with Gasteiger partial charge >= 0.3 is 6.09 Å². The molecule has 1 aliphatic heterocycles. The number of carboxylic acid groups (broad SMARTS) is 1. The van der Waals surface area contributed by atoms with Crippen molar-refractivity contribution < 1.29 is 14.7 Å². The Morgan fingerprint density at radius 1 is 1.18 bits per heavy atom. The Kier molecular flexibility index (Phi) is 7.76. The lowest BCUT2D eigenvalue weighted by Gasteiger charge is -2.39. The average Bonchev–Trinajstić information content (AvgIpc) is 3.29. The molecule has 1 aromatic carbocycles. The minimum atomic E-state index is -0.923. The van der Waals surface area contributed by atoms with Gasteiger partial charge in [0.05, 0.1) is 18.8 Å². The van der Waals surface area contributed by atoms with Crippen LogP contribution in [0.4, 0.5) is 16.3 Å². The van der Waals surface area contributed by atoms with Crippen LogP contribution < -0.4 is 10.2 Å². The molecule has 0 radical (unpaired) electrons. The molecule has 3 aromatic rings. The number of nitrogens with one attached hydrogen (secondary N) is 1. The second-order valence-corrected chi connectivity index (χ2v) is 11.4. The Balaban J connectivity index is 1.60. The van der Waals surface area contributed by atoms with Gasteiger partial charge in [-0.2, -0.15) is 5.10 Å². The van der Waals surface area contributed by atoms with E-state index in [2.05, 4.69) is 28.4 Å². The average molecular weight is 519 g/mol. The number of fused-ring (bicyclic) bond motifs is 1. The summed E-state index contributed by atoms with van der Waals surface area (Å²) >= 11 is 0. The molecule has 0 unspecified atom stereocenters. The van der Waals surface area contributed by atoms with Crippen LogP contribution in [0.3, 0.4) is 0 Å². The summed E-state index contributed by atoms with van der Waals surface area (Å²) < 4.78 is 1.78. The molecule has 0 spiro atoms. The van der Waals surface area contributed by atoms with E-state index >= 15 is 0 Å². The Hall–Kier alpha value is -3.88. The Morgan fingerprint density at radius 3 is 2.61 bits per heavy atom. The van der Waals surface area contributed by atoms with Gasteiger partial charge < -0.3 is 20.2 Å². The largest absolute Gasteiger partial charge is 0.465 e.